The molecule has 7 nitrogen and oxygen atoms in total. The predicted octanol–water partition coefficient (Wildman–Crippen LogP) is 1.37. The van der Waals surface area contributed by atoms with E-state index in [1.807, 2.05) is 12.1 Å². The molecule has 2 aliphatic heterocycles. The van der Waals surface area contributed by atoms with E-state index in [0.29, 0.717) is 13.1 Å². The molecule has 1 N–H and O–H groups in total. The maximum atomic E-state index is 12.6. The second-order valence-electron chi connectivity index (χ2n) is 6.91. The van der Waals surface area contributed by atoms with Crippen molar-refractivity contribution in [2.45, 2.75) is 25.6 Å². The summed E-state index contributed by atoms with van der Waals surface area (Å²) in [6.07, 6.45) is 0.420. The highest BCUT2D eigenvalue weighted by Gasteiger charge is 2.27. The Labute approximate surface area is 152 Å². The summed E-state index contributed by atoms with van der Waals surface area (Å²) in [5.41, 5.74) is 2.32. The van der Waals surface area contributed by atoms with Gasteiger partial charge in [0.15, 0.2) is 9.84 Å². The highest BCUT2D eigenvalue weighted by Crippen LogP contribution is 2.23. The molecule has 1 saturated heterocycles. The molecule has 8 heteroatoms. The maximum absolute atomic E-state index is 12.6. The van der Waals surface area contributed by atoms with Crippen molar-refractivity contribution in [2.75, 3.05) is 31.2 Å². The number of sulfone groups is 1. The molecule has 1 aromatic heterocycles. The molecule has 4 rings (SSSR count). The number of hydrogen-bond acceptors (Lipinski definition) is 4. The molecule has 26 heavy (non-hydrogen) atoms. The van der Waals surface area contributed by atoms with Gasteiger partial charge in [-0.1, -0.05) is 18.2 Å². The lowest BCUT2D eigenvalue weighted by Crippen LogP contribution is -2.46. The monoisotopic (exact) mass is 377 g/mol. The number of carbonyl (C=O) groups excluding carboxylic acids is 1. The van der Waals surface area contributed by atoms with Crippen LogP contribution in [0.5, 0.6) is 0 Å². The Bertz CT molecular complexity index is 922. The molecule has 0 aliphatic carbocycles. The van der Waals surface area contributed by atoms with Crippen molar-refractivity contribution in [2.24, 2.45) is 0 Å². The fourth-order valence-electron chi connectivity index (χ4n) is 3.72. The molecule has 1 fully saturated rings. The van der Waals surface area contributed by atoms with Crippen LogP contribution in [0, 0.1) is 0 Å². The van der Waals surface area contributed by atoms with Crippen LogP contribution in [0.3, 0.4) is 0 Å². The topological polar surface area (TPSA) is 80.6 Å². The minimum Gasteiger partial charge on any atom is -0.374 e. The third-order valence-corrected chi connectivity index (χ3v) is 6.68. The average Bonchev–Trinajstić information content (AvgIpc) is 2.81. The Kier molecular flexibility index (Phi) is 4.62. The average molecular weight is 377 g/mol. The molecular formula is C18H23N3O4S. The summed E-state index contributed by atoms with van der Waals surface area (Å²) in [6.45, 7) is 2.52. The highest BCUT2D eigenvalue weighted by atomic mass is 32.2. The van der Waals surface area contributed by atoms with Gasteiger partial charge < -0.3 is 19.5 Å². The zero-order valence-electron chi connectivity index (χ0n) is 14.6. The van der Waals surface area contributed by atoms with Crippen LogP contribution in [0.15, 0.2) is 30.3 Å². The molecule has 0 bridgehead atoms. The van der Waals surface area contributed by atoms with Crippen LogP contribution in [-0.2, 0) is 27.7 Å². The molecule has 0 spiro atoms. The number of nitrogens with zero attached hydrogens (tertiary/aromatic N) is 2. The Morgan fingerprint density at radius 2 is 2.12 bits per heavy atom. The van der Waals surface area contributed by atoms with Crippen LogP contribution >= 0.6 is 0 Å². The van der Waals surface area contributed by atoms with E-state index in [1.54, 1.807) is 4.90 Å². The Hall–Kier alpha value is -2.06. The first kappa shape index (κ1) is 17.4. The van der Waals surface area contributed by atoms with Crippen molar-refractivity contribution in [1.82, 2.24) is 14.8 Å². The van der Waals surface area contributed by atoms with Gasteiger partial charge >= 0.3 is 6.03 Å². The van der Waals surface area contributed by atoms with E-state index in [-0.39, 0.29) is 30.7 Å². The van der Waals surface area contributed by atoms with Gasteiger partial charge in [0.05, 0.1) is 30.8 Å². The largest absolute Gasteiger partial charge is 0.374 e. The number of aromatic nitrogens is 1. The molecular weight excluding hydrogens is 354 g/mol. The summed E-state index contributed by atoms with van der Waals surface area (Å²) >= 11 is 0. The van der Waals surface area contributed by atoms with Crippen molar-refractivity contribution in [3.63, 3.8) is 0 Å². The summed E-state index contributed by atoms with van der Waals surface area (Å²) in [4.78, 5) is 14.4. The van der Waals surface area contributed by atoms with E-state index in [0.717, 1.165) is 18.7 Å². The summed E-state index contributed by atoms with van der Waals surface area (Å²) in [5, 5.41) is 4.03. The lowest BCUT2D eigenvalue weighted by atomic mass is 10.2. The fourth-order valence-corrected chi connectivity index (χ4v) is 5.01. The second kappa shape index (κ2) is 6.92. The Morgan fingerprint density at radius 1 is 1.27 bits per heavy atom. The summed E-state index contributed by atoms with van der Waals surface area (Å²) in [7, 11) is -3.06. The number of carbonyl (C=O) groups is 1. The van der Waals surface area contributed by atoms with Crippen molar-refractivity contribution >= 4 is 26.8 Å². The van der Waals surface area contributed by atoms with Gasteiger partial charge in [0.2, 0.25) is 0 Å². The highest BCUT2D eigenvalue weighted by molar-refractivity contribution is 7.91. The second-order valence-corrected chi connectivity index (χ2v) is 9.14. The molecule has 1 unspecified atom stereocenters. The lowest BCUT2D eigenvalue weighted by molar-refractivity contribution is 0.0717. The van der Waals surface area contributed by atoms with Crippen LogP contribution in [0.1, 0.15) is 12.1 Å². The molecule has 0 radical (unpaired) electrons. The van der Waals surface area contributed by atoms with E-state index in [9.17, 15) is 13.2 Å². The fraction of sp³-hybridized carbons (Fsp3) is 0.500. The van der Waals surface area contributed by atoms with Gasteiger partial charge in [-0.2, -0.15) is 0 Å². The van der Waals surface area contributed by atoms with Gasteiger partial charge in [-0.05, 0) is 23.9 Å². The third kappa shape index (κ3) is 3.57. The van der Waals surface area contributed by atoms with Gasteiger partial charge in [0, 0.05) is 30.8 Å². The van der Waals surface area contributed by atoms with Gasteiger partial charge in [-0.3, -0.25) is 0 Å². The van der Waals surface area contributed by atoms with Crippen molar-refractivity contribution in [3.8, 4) is 0 Å². The Morgan fingerprint density at radius 3 is 2.96 bits per heavy atom. The summed E-state index contributed by atoms with van der Waals surface area (Å²) < 4.78 is 31.1. The SMILES string of the molecule is O=C(NCC1CS(=O)(=O)CCO1)N1CCCn2c(cc3ccccc32)C1. The third-order valence-electron chi connectivity index (χ3n) is 5.01. The van der Waals surface area contributed by atoms with Gasteiger partial charge in [-0.25, -0.2) is 13.2 Å². The normalized spacial score (nSPS) is 22.6. The molecule has 1 atom stereocenters. The quantitative estimate of drug-likeness (QED) is 0.857. The summed E-state index contributed by atoms with van der Waals surface area (Å²) in [5.74, 6) is 0.0373. The van der Waals surface area contributed by atoms with Gasteiger partial charge in [0.25, 0.3) is 0 Å². The van der Waals surface area contributed by atoms with E-state index in [2.05, 4.69) is 28.1 Å². The summed E-state index contributed by atoms with van der Waals surface area (Å²) in [6, 6.07) is 10.2. The molecule has 3 heterocycles. The van der Waals surface area contributed by atoms with Gasteiger partial charge in [0.1, 0.15) is 0 Å². The molecule has 2 aliphatic rings. The minimum absolute atomic E-state index is 0.0263. The maximum Gasteiger partial charge on any atom is 0.317 e. The number of urea groups is 1. The number of amides is 2. The lowest BCUT2D eigenvalue weighted by Gasteiger charge is -2.25. The number of para-hydroxylation sites is 1. The molecule has 2 amide bonds. The minimum atomic E-state index is -3.06. The van der Waals surface area contributed by atoms with Crippen LogP contribution in [0.25, 0.3) is 10.9 Å². The van der Waals surface area contributed by atoms with E-state index in [1.165, 1.54) is 10.9 Å². The van der Waals surface area contributed by atoms with E-state index < -0.39 is 15.9 Å². The van der Waals surface area contributed by atoms with Crippen LogP contribution in [0.4, 0.5) is 4.79 Å². The smallest absolute Gasteiger partial charge is 0.317 e. The number of nitrogens with one attached hydrogen (secondary N) is 1. The zero-order valence-corrected chi connectivity index (χ0v) is 15.4. The first-order valence-electron chi connectivity index (χ1n) is 8.94. The molecule has 2 aromatic rings. The van der Waals surface area contributed by atoms with Crippen molar-refractivity contribution < 1.29 is 17.9 Å². The van der Waals surface area contributed by atoms with E-state index >= 15 is 0 Å². The zero-order chi connectivity index (χ0) is 18.1. The molecule has 0 saturated carbocycles. The van der Waals surface area contributed by atoms with Gasteiger partial charge in [-0.15, -0.1) is 0 Å². The molecule has 1 aromatic carbocycles. The van der Waals surface area contributed by atoms with Crippen LogP contribution in [-0.4, -0.2) is 61.2 Å². The number of aryl methyl sites for hydroxylation is 1. The number of ether oxygens (including phenoxy) is 1. The number of hydrogen-bond donors (Lipinski definition) is 1. The van der Waals surface area contributed by atoms with Crippen molar-refractivity contribution in [1.29, 1.82) is 0 Å². The molecule has 140 valence electrons. The standard InChI is InChI=1S/C18H23N3O4S/c22-18(19-11-16-13-26(23,24)9-8-25-16)20-6-3-7-21-15(12-20)10-14-4-1-2-5-17(14)21/h1-2,4-5,10,16H,3,6-9,11-13H2,(H,19,22). The van der Waals surface area contributed by atoms with E-state index in [4.69, 9.17) is 4.74 Å². The van der Waals surface area contributed by atoms with Crippen LogP contribution in [0.2, 0.25) is 0 Å². The number of benzene rings is 1. The van der Waals surface area contributed by atoms with Crippen LogP contribution < -0.4 is 5.32 Å². The first-order chi connectivity index (χ1) is 12.5. The predicted molar refractivity (Wildman–Crippen MR) is 98.8 cm³/mol. The number of fused-ring (bicyclic) bond motifs is 3. The number of rotatable bonds is 2. The Balaban J connectivity index is 1.42. The van der Waals surface area contributed by atoms with Crippen molar-refractivity contribution in [3.05, 3.63) is 36.0 Å². The first-order valence-corrected chi connectivity index (χ1v) is 10.8.